The molecule has 36 heavy (non-hydrogen) atoms. The van der Waals surface area contributed by atoms with Crippen LogP contribution < -0.4 is 4.90 Å². The van der Waals surface area contributed by atoms with E-state index in [0.717, 1.165) is 54.7 Å². The third-order valence-electron chi connectivity index (χ3n) is 6.78. The van der Waals surface area contributed by atoms with E-state index in [9.17, 15) is 9.59 Å². The average molecular weight is 491 g/mol. The molecule has 192 valence electrons. The fraction of sp³-hybridized carbons (Fsp3) is 0.483. The molecule has 0 aliphatic carbocycles. The number of fused-ring (bicyclic) bond motifs is 1. The number of hydrogen-bond donors (Lipinski definition) is 0. The molecule has 0 atom stereocenters. The molecule has 4 rings (SSSR count). The Hall–Kier alpha value is -3.35. The molecule has 0 unspecified atom stereocenters. The molecule has 0 saturated heterocycles. The van der Waals surface area contributed by atoms with Crippen LogP contribution in [0.1, 0.15) is 79.2 Å². The molecule has 0 N–H and O–H groups in total. The van der Waals surface area contributed by atoms with Gasteiger partial charge >= 0.3 is 0 Å². The SMILES string of the molecule is Cc1cc(C)n(Cc2ccc(C(=O)N3CCCCCCCN(C(=O)C(C)C)c4ccccc4C3)o2)n1. The lowest BCUT2D eigenvalue weighted by Crippen LogP contribution is -2.37. The van der Waals surface area contributed by atoms with Crippen molar-refractivity contribution in [2.24, 2.45) is 5.92 Å². The minimum Gasteiger partial charge on any atom is -0.454 e. The van der Waals surface area contributed by atoms with Crippen molar-refractivity contribution in [1.29, 1.82) is 0 Å². The number of carbonyl (C=O) groups excluding carboxylic acids is 2. The predicted molar refractivity (Wildman–Crippen MR) is 141 cm³/mol. The summed E-state index contributed by atoms with van der Waals surface area (Å²) < 4.78 is 7.89. The molecule has 1 aliphatic rings. The third-order valence-corrected chi connectivity index (χ3v) is 6.78. The van der Waals surface area contributed by atoms with Gasteiger partial charge in [-0.05, 0) is 56.5 Å². The number of furan rings is 1. The Morgan fingerprint density at radius 1 is 0.972 bits per heavy atom. The molecule has 0 saturated carbocycles. The summed E-state index contributed by atoms with van der Waals surface area (Å²) in [6.45, 7) is 10.1. The van der Waals surface area contributed by atoms with Gasteiger partial charge in [-0.15, -0.1) is 0 Å². The van der Waals surface area contributed by atoms with E-state index >= 15 is 0 Å². The van der Waals surface area contributed by atoms with E-state index in [1.54, 1.807) is 6.07 Å². The number of rotatable bonds is 4. The highest BCUT2D eigenvalue weighted by molar-refractivity contribution is 5.95. The number of carbonyl (C=O) groups is 2. The van der Waals surface area contributed by atoms with Crippen molar-refractivity contribution in [1.82, 2.24) is 14.7 Å². The van der Waals surface area contributed by atoms with E-state index in [4.69, 9.17) is 4.42 Å². The number of amides is 2. The van der Waals surface area contributed by atoms with Gasteiger partial charge in [0.25, 0.3) is 5.91 Å². The standard InChI is InChI=1S/C29H38N4O3/c1-21(2)28(34)32-17-11-7-5-6-10-16-31(19-24-12-8-9-13-26(24)32)29(35)27-15-14-25(36-27)20-33-23(4)18-22(3)30-33/h8-9,12-15,18,21H,5-7,10-11,16-17,19-20H2,1-4H3. The molecule has 0 radical (unpaired) electrons. The van der Waals surface area contributed by atoms with Gasteiger partial charge in [0.05, 0.1) is 12.2 Å². The fourth-order valence-corrected chi connectivity index (χ4v) is 4.85. The summed E-state index contributed by atoms with van der Waals surface area (Å²) in [6, 6.07) is 13.6. The van der Waals surface area contributed by atoms with Crippen LogP contribution in [0.25, 0.3) is 0 Å². The van der Waals surface area contributed by atoms with E-state index in [-0.39, 0.29) is 17.7 Å². The number of para-hydroxylation sites is 1. The van der Waals surface area contributed by atoms with Crippen LogP contribution >= 0.6 is 0 Å². The first-order chi connectivity index (χ1) is 17.3. The van der Waals surface area contributed by atoms with Crippen LogP contribution in [-0.4, -0.2) is 39.6 Å². The molecular formula is C29H38N4O3. The van der Waals surface area contributed by atoms with Gasteiger partial charge in [0.1, 0.15) is 5.76 Å². The molecule has 1 aromatic carbocycles. The van der Waals surface area contributed by atoms with Crippen molar-refractivity contribution < 1.29 is 14.0 Å². The predicted octanol–water partition coefficient (Wildman–Crippen LogP) is 5.74. The highest BCUT2D eigenvalue weighted by atomic mass is 16.4. The smallest absolute Gasteiger partial charge is 0.289 e. The first-order valence-corrected chi connectivity index (χ1v) is 13.1. The summed E-state index contributed by atoms with van der Waals surface area (Å²) in [4.78, 5) is 30.5. The van der Waals surface area contributed by atoms with Crippen molar-refractivity contribution in [2.45, 2.75) is 72.9 Å². The van der Waals surface area contributed by atoms with Gasteiger partial charge < -0.3 is 14.2 Å². The molecule has 2 amide bonds. The summed E-state index contributed by atoms with van der Waals surface area (Å²) in [5, 5.41) is 4.50. The number of anilines is 1. The van der Waals surface area contributed by atoms with Crippen LogP contribution in [0.4, 0.5) is 5.69 Å². The Morgan fingerprint density at radius 3 is 2.42 bits per heavy atom. The summed E-state index contributed by atoms with van der Waals surface area (Å²) >= 11 is 0. The topological polar surface area (TPSA) is 71.6 Å². The third kappa shape index (κ3) is 6.07. The summed E-state index contributed by atoms with van der Waals surface area (Å²) in [7, 11) is 0. The highest BCUT2D eigenvalue weighted by Gasteiger charge is 2.25. The van der Waals surface area contributed by atoms with Crippen molar-refractivity contribution >= 4 is 17.5 Å². The maximum atomic E-state index is 13.6. The van der Waals surface area contributed by atoms with E-state index in [2.05, 4.69) is 5.10 Å². The van der Waals surface area contributed by atoms with Gasteiger partial charge in [-0.3, -0.25) is 14.3 Å². The maximum Gasteiger partial charge on any atom is 0.289 e. The summed E-state index contributed by atoms with van der Waals surface area (Å²) in [6.07, 6.45) is 5.17. The van der Waals surface area contributed by atoms with Gasteiger partial charge in [0.15, 0.2) is 5.76 Å². The van der Waals surface area contributed by atoms with Gasteiger partial charge in [0, 0.05) is 36.9 Å². The first-order valence-electron chi connectivity index (χ1n) is 13.1. The molecule has 0 bridgehead atoms. The number of nitrogens with zero attached hydrogens (tertiary/aromatic N) is 4. The minimum atomic E-state index is -0.122. The molecule has 3 aromatic rings. The van der Waals surface area contributed by atoms with E-state index in [1.165, 1.54) is 0 Å². The molecular weight excluding hydrogens is 452 g/mol. The van der Waals surface area contributed by atoms with Crippen LogP contribution in [0, 0.1) is 19.8 Å². The zero-order valence-electron chi connectivity index (χ0n) is 22.0. The van der Waals surface area contributed by atoms with Gasteiger partial charge in [-0.25, -0.2) is 0 Å². The van der Waals surface area contributed by atoms with E-state index in [0.29, 0.717) is 37.7 Å². The Labute approximate surface area is 214 Å². The number of aromatic nitrogens is 2. The van der Waals surface area contributed by atoms with Crippen LogP contribution in [-0.2, 0) is 17.9 Å². The van der Waals surface area contributed by atoms with Crippen molar-refractivity contribution in [3.63, 3.8) is 0 Å². The second-order valence-corrected chi connectivity index (χ2v) is 10.1. The lowest BCUT2D eigenvalue weighted by atomic mass is 10.1. The van der Waals surface area contributed by atoms with E-state index in [1.807, 2.05) is 78.6 Å². The zero-order valence-corrected chi connectivity index (χ0v) is 22.0. The number of hydrogen-bond acceptors (Lipinski definition) is 4. The maximum absolute atomic E-state index is 13.6. The van der Waals surface area contributed by atoms with Gasteiger partial charge in [-0.1, -0.05) is 51.3 Å². The second-order valence-electron chi connectivity index (χ2n) is 10.1. The normalized spacial score (nSPS) is 15.4. The molecule has 2 aromatic heterocycles. The largest absolute Gasteiger partial charge is 0.454 e. The van der Waals surface area contributed by atoms with Crippen LogP contribution in [0.2, 0.25) is 0 Å². The van der Waals surface area contributed by atoms with Gasteiger partial charge in [0.2, 0.25) is 5.91 Å². The molecule has 0 fully saturated rings. The quantitative estimate of drug-likeness (QED) is 0.468. The Kier molecular flexibility index (Phi) is 8.28. The molecule has 3 heterocycles. The molecule has 1 aliphatic heterocycles. The summed E-state index contributed by atoms with van der Waals surface area (Å²) in [5.74, 6) is 0.951. The highest BCUT2D eigenvalue weighted by Crippen LogP contribution is 2.26. The lowest BCUT2D eigenvalue weighted by Gasteiger charge is -2.30. The lowest BCUT2D eigenvalue weighted by molar-refractivity contribution is -0.121. The monoisotopic (exact) mass is 490 g/mol. The Bertz CT molecular complexity index is 1190. The first kappa shape index (κ1) is 25.7. The molecule has 0 spiro atoms. The molecule has 7 nitrogen and oxygen atoms in total. The second kappa shape index (κ2) is 11.6. The van der Waals surface area contributed by atoms with Gasteiger partial charge in [-0.2, -0.15) is 5.10 Å². The average Bonchev–Trinajstić information content (AvgIpc) is 3.44. The minimum absolute atomic E-state index is 0.0903. The molecule has 7 heteroatoms. The van der Waals surface area contributed by atoms with Crippen LogP contribution in [0.5, 0.6) is 0 Å². The van der Waals surface area contributed by atoms with Crippen LogP contribution in [0.3, 0.4) is 0 Å². The Balaban J connectivity index is 1.59. The van der Waals surface area contributed by atoms with Crippen LogP contribution in [0.15, 0.2) is 46.9 Å². The zero-order chi connectivity index (χ0) is 25.7. The number of benzene rings is 1. The fourth-order valence-electron chi connectivity index (χ4n) is 4.85. The van der Waals surface area contributed by atoms with Crippen molar-refractivity contribution in [3.05, 3.63) is 70.9 Å². The summed E-state index contributed by atoms with van der Waals surface area (Å²) in [5.41, 5.74) is 3.89. The van der Waals surface area contributed by atoms with Crippen molar-refractivity contribution in [2.75, 3.05) is 18.0 Å². The Morgan fingerprint density at radius 2 is 1.69 bits per heavy atom. The van der Waals surface area contributed by atoms with E-state index < -0.39 is 0 Å². The number of aryl methyl sites for hydroxylation is 2. The van der Waals surface area contributed by atoms with Crippen molar-refractivity contribution in [3.8, 4) is 0 Å².